The first kappa shape index (κ1) is 32.8. The van der Waals surface area contributed by atoms with Crippen molar-refractivity contribution in [3.8, 4) is 0 Å². The van der Waals surface area contributed by atoms with E-state index in [1.54, 1.807) is 6.07 Å². The van der Waals surface area contributed by atoms with Gasteiger partial charge in [0.15, 0.2) is 5.16 Å². The lowest BCUT2D eigenvalue weighted by atomic mass is 9.88. The van der Waals surface area contributed by atoms with E-state index in [9.17, 15) is 9.59 Å². The molecule has 0 saturated carbocycles. The van der Waals surface area contributed by atoms with Crippen LogP contribution in [-0.2, 0) is 9.59 Å². The Morgan fingerprint density at radius 3 is 2.30 bits per heavy atom. The lowest BCUT2D eigenvalue weighted by molar-refractivity contribution is -0.133. The van der Waals surface area contributed by atoms with E-state index >= 15 is 0 Å². The molecule has 1 saturated heterocycles. The largest absolute Gasteiger partial charge is 0.355 e. The number of amides is 2. The van der Waals surface area contributed by atoms with Gasteiger partial charge in [-0.3, -0.25) is 9.59 Å². The summed E-state index contributed by atoms with van der Waals surface area (Å²) in [6, 6.07) is 22.6. The molecule has 1 aliphatic rings. The summed E-state index contributed by atoms with van der Waals surface area (Å²) in [6.07, 6.45) is 7.14. The number of carbonyl (C=O) groups excluding carboxylic acids is 2. The molecule has 3 aromatic rings. The van der Waals surface area contributed by atoms with Gasteiger partial charge in [0.05, 0.1) is 5.75 Å². The summed E-state index contributed by atoms with van der Waals surface area (Å²) < 4.78 is 0. The lowest BCUT2D eigenvalue weighted by Crippen LogP contribution is -2.54. The van der Waals surface area contributed by atoms with Gasteiger partial charge in [-0.15, -0.1) is 0 Å². The van der Waals surface area contributed by atoms with Gasteiger partial charge in [-0.25, -0.2) is 9.97 Å². The monoisotopic (exact) mass is 621 g/mol. The molecule has 1 unspecified atom stereocenters. The number of anilines is 1. The molecule has 1 N–H and O–H groups in total. The number of hydrogen-bond acceptors (Lipinski definition) is 6. The summed E-state index contributed by atoms with van der Waals surface area (Å²) in [4.78, 5) is 38.8. The van der Waals surface area contributed by atoms with Crippen molar-refractivity contribution in [1.82, 2.24) is 20.2 Å². The van der Waals surface area contributed by atoms with Crippen LogP contribution in [0.25, 0.3) is 0 Å². The van der Waals surface area contributed by atoms with Gasteiger partial charge in [-0.05, 0) is 30.9 Å². The third-order valence-corrected chi connectivity index (χ3v) is 8.96. The van der Waals surface area contributed by atoms with Crippen LogP contribution in [0.4, 0.5) is 5.82 Å². The van der Waals surface area contributed by atoms with Crippen molar-refractivity contribution >= 4 is 41.0 Å². The zero-order chi connectivity index (χ0) is 30.4. The van der Waals surface area contributed by atoms with E-state index in [1.165, 1.54) is 42.2 Å². The highest BCUT2D eigenvalue weighted by Crippen LogP contribution is 2.28. The molecule has 2 amide bonds. The quantitative estimate of drug-likeness (QED) is 0.0856. The van der Waals surface area contributed by atoms with E-state index < -0.39 is 0 Å². The molecule has 1 aromatic heterocycles. The number of carbonyl (C=O) groups is 2. The van der Waals surface area contributed by atoms with E-state index in [1.807, 2.05) is 17.0 Å². The Bertz CT molecular complexity index is 1260. The van der Waals surface area contributed by atoms with Crippen molar-refractivity contribution in [2.75, 3.05) is 36.8 Å². The molecule has 0 aliphatic carbocycles. The van der Waals surface area contributed by atoms with Crippen molar-refractivity contribution in [3.05, 3.63) is 83.0 Å². The van der Waals surface area contributed by atoms with Crippen molar-refractivity contribution in [3.63, 3.8) is 0 Å². The van der Waals surface area contributed by atoms with E-state index in [4.69, 9.17) is 16.6 Å². The first-order valence-electron chi connectivity index (χ1n) is 15.5. The number of nitrogens with zero attached hydrogens (tertiary/aromatic N) is 4. The molecule has 230 valence electrons. The number of unbranched alkanes of at least 4 members (excludes halogenated alkanes) is 4. The summed E-state index contributed by atoms with van der Waals surface area (Å²) in [5.41, 5.74) is 2.47. The van der Waals surface area contributed by atoms with E-state index in [-0.39, 0.29) is 29.5 Å². The van der Waals surface area contributed by atoms with E-state index in [0.717, 1.165) is 25.1 Å². The lowest BCUT2D eigenvalue weighted by Gasteiger charge is -2.40. The number of rotatable bonds is 15. The number of halogens is 1. The Morgan fingerprint density at radius 2 is 1.65 bits per heavy atom. The molecule has 9 heteroatoms. The van der Waals surface area contributed by atoms with Crippen LogP contribution in [0.1, 0.15) is 75.8 Å². The second-order valence-corrected chi connectivity index (χ2v) is 12.5. The maximum Gasteiger partial charge on any atom is 0.230 e. The predicted molar refractivity (Wildman–Crippen MR) is 177 cm³/mol. The predicted octanol–water partition coefficient (Wildman–Crippen LogP) is 6.96. The van der Waals surface area contributed by atoms with Crippen LogP contribution in [0.15, 0.2) is 71.9 Å². The smallest absolute Gasteiger partial charge is 0.230 e. The molecule has 1 fully saturated rings. The minimum absolute atomic E-state index is 0.0644. The molecule has 1 atom stereocenters. The SMILES string of the molecule is CCCCCCCC(=O)N1CCN(c2cc(Cl)nc(SCC(=O)NCCC(c3ccccc3)c3ccccc3)n2)CC1C. The van der Waals surface area contributed by atoms with Crippen LogP contribution < -0.4 is 10.2 Å². The first-order valence-corrected chi connectivity index (χ1v) is 16.9. The van der Waals surface area contributed by atoms with E-state index in [2.05, 4.69) is 77.6 Å². The Kier molecular flexibility index (Phi) is 13.2. The van der Waals surface area contributed by atoms with Gasteiger partial charge in [0.1, 0.15) is 11.0 Å². The Hall–Kier alpha value is -3.10. The molecule has 7 nitrogen and oxygen atoms in total. The molecule has 4 rings (SSSR count). The molecule has 0 bridgehead atoms. The van der Waals surface area contributed by atoms with Crippen LogP contribution >= 0.6 is 23.4 Å². The number of nitrogens with one attached hydrogen (secondary N) is 1. The van der Waals surface area contributed by atoms with Gasteiger partial charge in [0.2, 0.25) is 11.8 Å². The maximum absolute atomic E-state index is 12.8. The summed E-state index contributed by atoms with van der Waals surface area (Å²) in [5.74, 6) is 1.32. The average Bonchev–Trinajstić information content (AvgIpc) is 3.02. The number of thioether (sulfide) groups is 1. The molecular weight excluding hydrogens is 578 g/mol. The van der Waals surface area contributed by atoms with Gasteiger partial charge in [0, 0.05) is 50.6 Å². The summed E-state index contributed by atoms with van der Waals surface area (Å²) in [5, 5.41) is 3.89. The Labute approximate surface area is 265 Å². The highest BCUT2D eigenvalue weighted by atomic mass is 35.5. The third-order valence-electron chi connectivity index (χ3n) is 7.92. The fraction of sp³-hybridized carbons (Fsp3) is 0.471. The zero-order valence-corrected chi connectivity index (χ0v) is 27.0. The van der Waals surface area contributed by atoms with Crippen LogP contribution in [0, 0.1) is 0 Å². The number of hydrogen-bond donors (Lipinski definition) is 1. The first-order chi connectivity index (χ1) is 20.9. The van der Waals surface area contributed by atoms with Crippen molar-refractivity contribution in [1.29, 1.82) is 0 Å². The highest BCUT2D eigenvalue weighted by molar-refractivity contribution is 7.99. The fourth-order valence-corrected chi connectivity index (χ4v) is 6.52. The standard InChI is InChI=1S/C34H44ClN5O2S/c1-3-4-5-6-13-18-33(42)40-22-21-39(24-26(40)2)31-23-30(35)37-34(38-31)43-25-32(41)36-20-19-29(27-14-9-7-10-15-27)28-16-11-8-12-17-28/h7-12,14-17,23,26,29H,3-6,13,18-22,24-25H2,1-2H3,(H,36,41). The minimum Gasteiger partial charge on any atom is -0.355 e. The molecule has 43 heavy (non-hydrogen) atoms. The van der Waals surface area contributed by atoms with Crippen LogP contribution in [-0.4, -0.2) is 64.7 Å². The second-order valence-electron chi connectivity index (χ2n) is 11.2. The molecule has 1 aliphatic heterocycles. The maximum atomic E-state index is 12.8. The van der Waals surface area contributed by atoms with Gasteiger partial charge >= 0.3 is 0 Å². The topological polar surface area (TPSA) is 78.4 Å². The number of piperazine rings is 1. The molecule has 2 heterocycles. The summed E-state index contributed by atoms with van der Waals surface area (Å²) in [7, 11) is 0. The van der Waals surface area contributed by atoms with Crippen molar-refractivity contribution < 1.29 is 9.59 Å². The van der Waals surface area contributed by atoms with Gasteiger partial charge < -0.3 is 15.1 Å². The zero-order valence-electron chi connectivity index (χ0n) is 25.4. The van der Waals surface area contributed by atoms with Crippen molar-refractivity contribution in [2.45, 2.75) is 75.9 Å². The fourth-order valence-electron chi connectivity index (χ4n) is 5.61. The second kappa shape index (κ2) is 17.3. The highest BCUT2D eigenvalue weighted by Gasteiger charge is 2.28. The minimum atomic E-state index is -0.0644. The van der Waals surface area contributed by atoms with Gasteiger partial charge in [-0.1, -0.05) is 117 Å². The van der Waals surface area contributed by atoms with Gasteiger partial charge in [0.25, 0.3) is 0 Å². The van der Waals surface area contributed by atoms with Crippen LogP contribution in [0.3, 0.4) is 0 Å². The van der Waals surface area contributed by atoms with E-state index in [0.29, 0.717) is 42.9 Å². The van der Waals surface area contributed by atoms with Crippen molar-refractivity contribution in [2.24, 2.45) is 0 Å². The normalized spacial score (nSPS) is 15.1. The Morgan fingerprint density at radius 1 is 0.977 bits per heavy atom. The number of benzene rings is 2. The molecule has 2 aromatic carbocycles. The molecule has 0 spiro atoms. The summed E-state index contributed by atoms with van der Waals surface area (Å²) >= 11 is 7.66. The molecule has 0 radical (unpaired) electrons. The van der Waals surface area contributed by atoms with Gasteiger partial charge in [-0.2, -0.15) is 0 Å². The average molecular weight is 622 g/mol. The third kappa shape index (κ3) is 10.2. The van der Waals surface area contributed by atoms with Crippen LogP contribution in [0.2, 0.25) is 5.15 Å². The van der Waals surface area contributed by atoms with Crippen LogP contribution in [0.5, 0.6) is 0 Å². The molecular formula is C34H44ClN5O2S. The number of aromatic nitrogens is 2. The summed E-state index contributed by atoms with van der Waals surface area (Å²) in [6.45, 7) is 6.89. The Balaban J connectivity index is 1.25.